The monoisotopic (exact) mass is 222 g/mol. The molecule has 0 bridgehead atoms. The Hall–Kier alpha value is -1.69. The minimum absolute atomic E-state index is 0.161. The van der Waals surface area contributed by atoms with E-state index in [0.29, 0.717) is 5.82 Å². The molecule has 0 aliphatic heterocycles. The predicted octanol–water partition coefficient (Wildman–Crippen LogP) is 1.11. The average molecular weight is 222 g/mol. The number of hydrogen-bond donors (Lipinski definition) is 1. The van der Waals surface area contributed by atoms with Gasteiger partial charge in [-0.05, 0) is 6.92 Å². The maximum Gasteiger partial charge on any atom is 0.254 e. The van der Waals surface area contributed by atoms with Crippen LogP contribution in [0.25, 0.3) is 0 Å². The minimum Gasteiger partial charge on any atom is -0.383 e. The summed E-state index contributed by atoms with van der Waals surface area (Å²) in [6.07, 6.45) is 0.231. The first kappa shape index (κ1) is 9.85. The van der Waals surface area contributed by atoms with Crippen LogP contribution in [0.4, 0.5) is 5.82 Å². The first-order chi connectivity index (χ1) is 7.16. The molecule has 0 atom stereocenters. The van der Waals surface area contributed by atoms with Gasteiger partial charge < -0.3 is 5.73 Å². The van der Waals surface area contributed by atoms with Gasteiger partial charge in [-0.3, -0.25) is 4.79 Å². The van der Waals surface area contributed by atoms with Gasteiger partial charge in [0.2, 0.25) is 0 Å². The van der Waals surface area contributed by atoms with Crippen LogP contribution in [0.3, 0.4) is 0 Å². The van der Waals surface area contributed by atoms with Gasteiger partial charge in [0.1, 0.15) is 5.82 Å². The Morgan fingerprint density at radius 2 is 2.47 bits per heavy atom. The molecular formula is C9H10N4OS. The third-order valence-electron chi connectivity index (χ3n) is 1.91. The Bertz CT molecular complexity index is 474. The predicted molar refractivity (Wildman–Crippen MR) is 57.8 cm³/mol. The van der Waals surface area contributed by atoms with E-state index in [4.69, 9.17) is 5.73 Å². The number of nitrogens with zero attached hydrogens (tertiary/aromatic N) is 3. The van der Waals surface area contributed by atoms with E-state index in [9.17, 15) is 4.79 Å². The number of rotatable bonds is 2. The summed E-state index contributed by atoms with van der Waals surface area (Å²) in [6.45, 7) is 1.79. The third kappa shape index (κ3) is 2.04. The summed E-state index contributed by atoms with van der Waals surface area (Å²) in [5.74, 6) is 0.208. The Morgan fingerprint density at radius 3 is 3.00 bits per heavy atom. The molecule has 0 aliphatic carbocycles. The highest BCUT2D eigenvalue weighted by atomic mass is 32.1. The highest BCUT2D eigenvalue weighted by Gasteiger charge is 2.12. The average Bonchev–Trinajstić information content (AvgIpc) is 2.75. The van der Waals surface area contributed by atoms with E-state index in [1.54, 1.807) is 18.5 Å². The van der Waals surface area contributed by atoms with E-state index >= 15 is 0 Å². The molecule has 0 aromatic carbocycles. The van der Waals surface area contributed by atoms with Crippen molar-refractivity contribution in [2.45, 2.75) is 13.3 Å². The van der Waals surface area contributed by atoms with Crippen molar-refractivity contribution in [3.63, 3.8) is 0 Å². The molecule has 5 nitrogen and oxygen atoms in total. The summed E-state index contributed by atoms with van der Waals surface area (Å²) in [6, 6.07) is 1.67. The summed E-state index contributed by atoms with van der Waals surface area (Å²) in [5.41, 5.74) is 8.81. The Balaban J connectivity index is 2.18. The maximum absolute atomic E-state index is 11.7. The molecule has 0 fully saturated rings. The lowest BCUT2D eigenvalue weighted by atomic mass is 10.3. The van der Waals surface area contributed by atoms with Crippen LogP contribution < -0.4 is 5.73 Å². The van der Waals surface area contributed by atoms with Crippen LogP contribution in [0.1, 0.15) is 16.2 Å². The van der Waals surface area contributed by atoms with Crippen LogP contribution in [-0.4, -0.2) is 20.7 Å². The number of carbonyl (C=O) groups is 1. The first-order valence-corrected chi connectivity index (χ1v) is 5.33. The standard InChI is InChI=1S/C9H10N4OS/c1-6-2-8(10)13(12-6)9(14)3-7-4-15-5-11-7/h2,4-5H,3,10H2,1H3. The Kier molecular flexibility index (Phi) is 2.51. The zero-order valence-corrected chi connectivity index (χ0v) is 8.99. The molecule has 78 valence electrons. The molecule has 2 heterocycles. The van der Waals surface area contributed by atoms with Crippen molar-refractivity contribution in [3.8, 4) is 0 Å². The summed E-state index contributed by atoms with van der Waals surface area (Å²) >= 11 is 1.46. The van der Waals surface area contributed by atoms with Crippen LogP contribution in [0.15, 0.2) is 17.0 Å². The first-order valence-electron chi connectivity index (χ1n) is 4.39. The van der Waals surface area contributed by atoms with Crippen molar-refractivity contribution in [2.24, 2.45) is 0 Å². The molecule has 0 saturated carbocycles. The number of thiazole rings is 1. The number of hydrogen-bond acceptors (Lipinski definition) is 5. The summed E-state index contributed by atoms with van der Waals surface area (Å²) in [4.78, 5) is 15.8. The smallest absolute Gasteiger partial charge is 0.254 e. The summed E-state index contributed by atoms with van der Waals surface area (Å²) < 4.78 is 1.22. The van der Waals surface area contributed by atoms with E-state index in [1.807, 2.05) is 5.38 Å². The topological polar surface area (TPSA) is 73.8 Å². The van der Waals surface area contributed by atoms with Crippen molar-refractivity contribution in [3.05, 3.63) is 28.3 Å². The Labute approximate surface area is 90.6 Å². The van der Waals surface area contributed by atoms with E-state index in [-0.39, 0.29) is 12.3 Å². The molecule has 2 aromatic heterocycles. The Morgan fingerprint density at radius 1 is 1.67 bits per heavy atom. The van der Waals surface area contributed by atoms with Crippen LogP contribution in [-0.2, 0) is 6.42 Å². The second-order valence-corrected chi connectivity index (χ2v) is 3.89. The van der Waals surface area contributed by atoms with Crippen LogP contribution >= 0.6 is 11.3 Å². The molecule has 2 aromatic rings. The highest BCUT2D eigenvalue weighted by molar-refractivity contribution is 7.07. The molecule has 6 heteroatoms. The van der Waals surface area contributed by atoms with Crippen molar-refractivity contribution in [1.82, 2.24) is 14.8 Å². The largest absolute Gasteiger partial charge is 0.383 e. The lowest BCUT2D eigenvalue weighted by molar-refractivity contribution is 0.0900. The number of aromatic nitrogens is 3. The zero-order chi connectivity index (χ0) is 10.8. The highest BCUT2D eigenvalue weighted by Crippen LogP contribution is 2.08. The van der Waals surface area contributed by atoms with Gasteiger partial charge in [-0.2, -0.15) is 9.78 Å². The van der Waals surface area contributed by atoms with Gasteiger partial charge in [-0.25, -0.2) is 4.98 Å². The number of nitrogen functional groups attached to an aromatic ring is 1. The molecule has 2 rings (SSSR count). The second kappa shape index (κ2) is 3.82. The summed E-state index contributed by atoms with van der Waals surface area (Å²) in [5, 5.41) is 5.85. The molecule has 2 N–H and O–H groups in total. The molecule has 0 amide bonds. The van der Waals surface area contributed by atoms with Gasteiger partial charge in [-0.1, -0.05) is 0 Å². The molecule has 0 saturated heterocycles. The van der Waals surface area contributed by atoms with Crippen LogP contribution in [0.2, 0.25) is 0 Å². The van der Waals surface area contributed by atoms with E-state index < -0.39 is 0 Å². The number of nitrogens with two attached hydrogens (primary N) is 1. The third-order valence-corrected chi connectivity index (χ3v) is 2.55. The fourth-order valence-electron chi connectivity index (χ4n) is 1.27. The number of anilines is 1. The van der Waals surface area contributed by atoms with Crippen molar-refractivity contribution in [2.75, 3.05) is 5.73 Å². The maximum atomic E-state index is 11.7. The fourth-order valence-corrected chi connectivity index (χ4v) is 1.83. The lowest BCUT2D eigenvalue weighted by Gasteiger charge is -2.00. The molecule has 15 heavy (non-hydrogen) atoms. The van der Waals surface area contributed by atoms with Gasteiger partial charge in [0.15, 0.2) is 0 Å². The van der Waals surface area contributed by atoms with Gasteiger partial charge >= 0.3 is 0 Å². The SMILES string of the molecule is Cc1cc(N)n(C(=O)Cc2cscn2)n1. The lowest BCUT2D eigenvalue weighted by Crippen LogP contribution is -2.17. The van der Waals surface area contributed by atoms with E-state index in [2.05, 4.69) is 10.1 Å². The minimum atomic E-state index is -0.161. The van der Waals surface area contributed by atoms with Gasteiger partial charge in [0.25, 0.3) is 5.91 Å². The van der Waals surface area contributed by atoms with Gasteiger partial charge in [-0.15, -0.1) is 11.3 Å². The number of carbonyl (C=O) groups excluding carboxylic acids is 1. The van der Waals surface area contributed by atoms with E-state index in [1.165, 1.54) is 16.0 Å². The van der Waals surface area contributed by atoms with Crippen molar-refractivity contribution < 1.29 is 4.79 Å². The van der Waals surface area contributed by atoms with Crippen LogP contribution in [0.5, 0.6) is 0 Å². The molecule has 0 aliphatic rings. The van der Waals surface area contributed by atoms with Crippen molar-refractivity contribution >= 4 is 23.1 Å². The van der Waals surface area contributed by atoms with Gasteiger partial charge in [0, 0.05) is 11.4 Å². The molecule has 0 spiro atoms. The van der Waals surface area contributed by atoms with Crippen molar-refractivity contribution in [1.29, 1.82) is 0 Å². The molecule has 0 radical (unpaired) electrons. The van der Waals surface area contributed by atoms with Gasteiger partial charge in [0.05, 0.1) is 23.3 Å². The normalized spacial score (nSPS) is 10.5. The number of aryl methyl sites for hydroxylation is 1. The van der Waals surface area contributed by atoms with E-state index in [0.717, 1.165) is 11.4 Å². The fraction of sp³-hybridized carbons (Fsp3) is 0.222. The summed E-state index contributed by atoms with van der Waals surface area (Å²) in [7, 11) is 0. The van der Waals surface area contributed by atoms with Crippen LogP contribution in [0, 0.1) is 6.92 Å². The molecular weight excluding hydrogens is 212 g/mol. The zero-order valence-electron chi connectivity index (χ0n) is 8.17. The quantitative estimate of drug-likeness (QED) is 0.826. The second-order valence-electron chi connectivity index (χ2n) is 3.17. The molecule has 0 unspecified atom stereocenters.